The normalized spacial score (nSPS) is 26.1. The quantitative estimate of drug-likeness (QED) is 0.531. The molecule has 1 aromatic carbocycles. The summed E-state index contributed by atoms with van der Waals surface area (Å²) in [6.45, 7) is 3.57. The molecule has 5 atom stereocenters. The molecule has 5 nitrogen and oxygen atoms in total. The Hall–Kier alpha value is -2.28. The van der Waals surface area contributed by atoms with Crippen LogP contribution in [0.2, 0.25) is 0 Å². The fourth-order valence-corrected chi connectivity index (χ4v) is 3.81. The number of aliphatic hydroxyl groups excluding tert-OH is 4. The van der Waals surface area contributed by atoms with Crippen molar-refractivity contribution in [2.75, 3.05) is 6.61 Å². The molecule has 4 rings (SSSR count). The summed E-state index contributed by atoms with van der Waals surface area (Å²) in [6, 6.07) is 22.2. The molecular formula is C25H30O5. The van der Waals surface area contributed by atoms with E-state index in [4.69, 9.17) is 4.74 Å². The molecule has 1 aromatic rings. The number of benzene rings is 1. The molecule has 1 saturated heterocycles. The van der Waals surface area contributed by atoms with Crippen LogP contribution in [0.25, 0.3) is 11.1 Å². The highest BCUT2D eigenvalue weighted by atomic mass is 16.5. The van der Waals surface area contributed by atoms with E-state index in [2.05, 4.69) is 36.4 Å². The summed E-state index contributed by atoms with van der Waals surface area (Å²) in [5, 5.41) is 39.8. The zero-order valence-electron chi connectivity index (χ0n) is 17.3. The summed E-state index contributed by atoms with van der Waals surface area (Å²) in [5.41, 5.74) is 5.29. The Labute approximate surface area is 177 Å². The van der Waals surface area contributed by atoms with Crippen molar-refractivity contribution in [1.82, 2.24) is 0 Å². The lowest BCUT2D eigenvalue weighted by molar-refractivity contribution is -0.231. The molecular weight excluding hydrogens is 380 g/mol. The van der Waals surface area contributed by atoms with Gasteiger partial charge in [-0.15, -0.1) is 0 Å². The van der Waals surface area contributed by atoms with Crippen molar-refractivity contribution in [2.24, 2.45) is 0 Å². The fraction of sp³-hybridized carbons (Fsp3) is 0.360. The van der Waals surface area contributed by atoms with Crippen LogP contribution in [0.1, 0.15) is 36.6 Å². The van der Waals surface area contributed by atoms with Crippen LogP contribution in [0.3, 0.4) is 0 Å². The van der Waals surface area contributed by atoms with Crippen molar-refractivity contribution in [3.63, 3.8) is 0 Å². The van der Waals surface area contributed by atoms with Crippen LogP contribution in [0, 0.1) is 0 Å². The summed E-state index contributed by atoms with van der Waals surface area (Å²) in [7, 11) is 0. The van der Waals surface area contributed by atoms with Crippen molar-refractivity contribution < 1.29 is 25.2 Å². The van der Waals surface area contributed by atoms with E-state index >= 15 is 0 Å². The maximum Gasteiger partial charge on any atom is 0.113 e. The van der Waals surface area contributed by atoms with E-state index in [1.807, 2.05) is 44.2 Å². The standard InChI is InChI=1S/C23H24O5.C2H6/c24-13-19-20(25)21(26)22(27)23(28-19)18-6-1-3-15(12-18)11-14-7-9-16-4-2-5-17(16)10-8-14;1-2/h1-10,12,19-27H,11,13H2;1-2H3/t19-,20-,21+,22-,23+;/m1./s1. The van der Waals surface area contributed by atoms with Gasteiger partial charge in [0.1, 0.15) is 30.5 Å². The zero-order valence-corrected chi connectivity index (χ0v) is 17.3. The highest BCUT2D eigenvalue weighted by Crippen LogP contribution is 2.33. The molecule has 0 unspecified atom stereocenters. The summed E-state index contributed by atoms with van der Waals surface area (Å²) in [4.78, 5) is 0. The first kappa shape index (κ1) is 22.4. The SMILES string of the molecule is CC.OC[C@H]1O[C@@H](c2cccc(Cc3ccc4cccc-4cc3)c2)[C@H](O)[C@@H](O)[C@@H]1O. The Morgan fingerprint density at radius 2 is 1.37 bits per heavy atom. The number of aliphatic hydroxyl groups is 4. The maximum atomic E-state index is 10.4. The van der Waals surface area contributed by atoms with Crippen molar-refractivity contribution in [1.29, 1.82) is 0 Å². The topological polar surface area (TPSA) is 90.2 Å². The second kappa shape index (κ2) is 10.2. The number of hydrogen-bond donors (Lipinski definition) is 4. The first-order chi connectivity index (χ1) is 14.6. The van der Waals surface area contributed by atoms with Crippen LogP contribution in [0.4, 0.5) is 0 Å². The first-order valence-electron chi connectivity index (χ1n) is 10.4. The Morgan fingerprint density at radius 1 is 0.733 bits per heavy atom. The highest BCUT2D eigenvalue weighted by Gasteiger charge is 2.43. The number of ether oxygens (including phenoxy) is 1. The van der Waals surface area contributed by atoms with Crippen molar-refractivity contribution in [2.45, 2.75) is 50.8 Å². The minimum atomic E-state index is -1.38. The monoisotopic (exact) mass is 410 g/mol. The third-order valence-electron chi connectivity index (χ3n) is 5.42. The van der Waals surface area contributed by atoms with Gasteiger partial charge in [-0.25, -0.2) is 0 Å². The van der Waals surface area contributed by atoms with Crippen LogP contribution >= 0.6 is 0 Å². The van der Waals surface area contributed by atoms with Crippen LogP contribution in [0.5, 0.6) is 0 Å². The smallest absolute Gasteiger partial charge is 0.113 e. The van der Waals surface area contributed by atoms with Gasteiger partial charge in [0.05, 0.1) is 6.61 Å². The predicted octanol–water partition coefficient (Wildman–Crippen LogP) is 2.92. The Balaban J connectivity index is 0.00000124. The molecule has 3 aliphatic rings. The van der Waals surface area contributed by atoms with Gasteiger partial charge >= 0.3 is 0 Å². The van der Waals surface area contributed by atoms with E-state index in [0.29, 0.717) is 12.0 Å². The van der Waals surface area contributed by atoms with E-state index in [-0.39, 0.29) is 0 Å². The Bertz CT molecular complexity index is 879. The third kappa shape index (κ3) is 4.72. The van der Waals surface area contributed by atoms with Crippen molar-refractivity contribution in [3.05, 3.63) is 83.4 Å². The van der Waals surface area contributed by atoms with Crippen LogP contribution in [0.15, 0.2) is 66.7 Å². The number of hydrogen-bond acceptors (Lipinski definition) is 5. The average molecular weight is 411 g/mol. The van der Waals surface area contributed by atoms with E-state index in [0.717, 1.165) is 11.1 Å². The molecule has 0 saturated carbocycles. The van der Waals surface area contributed by atoms with Crippen LogP contribution < -0.4 is 0 Å². The lowest BCUT2D eigenvalue weighted by Crippen LogP contribution is -2.55. The van der Waals surface area contributed by atoms with Crippen LogP contribution in [-0.4, -0.2) is 51.4 Å². The number of fused-ring (bicyclic) bond motifs is 1. The lowest BCUT2D eigenvalue weighted by atomic mass is 9.90. The molecule has 1 aliphatic heterocycles. The van der Waals surface area contributed by atoms with Gasteiger partial charge in [-0.3, -0.25) is 0 Å². The van der Waals surface area contributed by atoms with Gasteiger partial charge in [-0.05, 0) is 34.2 Å². The van der Waals surface area contributed by atoms with Crippen molar-refractivity contribution >= 4 is 0 Å². The van der Waals surface area contributed by atoms with Gasteiger partial charge in [-0.2, -0.15) is 0 Å². The molecule has 1 heterocycles. The predicted molar refractivity (Wildman–Crippen MR) is 116 cm³/mol. The molecule has 0 radical (unpaired) electrons. The summed E-state index contributed by atoms with van der Waals surface area (Å²) >= 11 is 0. The zero-order chi connectivity index (χ0) is 21.7. The Morgan fingerprint density at radius 3 is 2.00 bits per heavy atom. The first-order valence-corrected chi connectivity index (χ1v) is 10.4. The van der Waals surface area contributed by atoms with Gasteiger partial charge in [0, 0.05) is 0 Å². The molecule has 0 aromatic heterocycles. The van der Waals surface area contributed by atoms with E-state index in [9.17, 15) is 20.4 Å². The largest absolute Gasteiger partial charge is 0.394 e. The minimum absolute atomic E-state index is 0.433. The van der Waals surface area contributed by atoms with Gasteiger partial charge in [0.15, 0.2) is 0 Å². The highest BCUT2D eigenvalue weighted by molar-refractivity contribution is 5.65. The summed E-state index contributed by atoms with van der Waals surface area (Å²) in [5.74, 6) is 0. The Kier molecular flexibility index (Phi) is 7.58. The van der Waals surface area contributed by atoms with Gasteiger partial charge in [0.2, 0.25) is 0 Å². The molecule has 5 heteroatoms. The molecule has 160 valence electrons. The van der Waals surface area contributed by atoms with Crippen LogP contribution in [-0.2, 0) is 11.2 Å². The molecule has 0 spiro atoms. The average Bonchev–Trinajstić information content (AvgIpc) is 3.15. The second-order valence-electron chi connectivity index (χ2n) is 7.35. The molecule has 30 heavy (non-hydrogen) atoms. The minimum Gasteiger partial charge on any atom is -0.394 e. The fourth-order valence-electron chi connectivity index (χ4n) is 3.81. The summed E-state index contributed by atoms with van der Waals surface area (Å²) in [6.07, 6.45) is -5.01. The second-order valence-corrected chi connectivity index (χ2v) is 7.35. The number of rotatable bonds is 4. The van der Waals surface area contributed by atoms with E-state index in [1.165, 1.54) is 11.1 Å². The molecule has 4 N–H and O–H groups in total. The molecule has 0 bridgehead atoms. The lowest BCUT2D eigenvalue weighted by Gasteiger charge is -2.40. The van der Waals surface area contributed by atoms with E-state index in [1.54, 1.807) is 0 Å². The van der Waals surface area contributed by atoms with Gasteiger partial charge in [-0.1, -0.05) is 80.6 Å². The van der Waals surface area contributed by atoms with Gasteiger partial charge < -0.3 is 25.2 Å². The summed E-state index contributed by atoms with van der Waals surface area (Å²) < 4.78 is 5.67. The van der Waals surface area contributed by atoms with E-state index < -0.39 is 37.1 Å². The molecule has 1 fully saturated rings. The van der Waals surface area contributed by atoms with Gasteiger partial charge in [0.25, 0.3) is 0 Å². The maximum absolute atomic E-state index is 10.4. The third-order valence-corrected chi connectivity index (χ3v) is 5.42. The van der Waals surface area contributed by atoms with Crippen molar-refractivity contribution in [3.8, 4) is 11.1 Å². The molecule has 2 aliphatic carbocycles. The molecule has 0 amide bonds.